The number of hydrogen-bond acceptors (Lipinski definition) is 3. The lowest BCUT2D eigenvalue weighted by molar-refractivity contribution is 0.185. The zero-order valence-corrected chi connectivity index (χ0v) is 21.5. The Morgan fingerprint density at radius 1 is 1.03 bits per heavy atom. The van der Waals surface area contributed by atoms with Crippen LogP contribution in [0.5, 0.6) is 0 Å². The van der Waals surface area contributed by atoms with Crippen LogP contribution in [0.3, 0.4) is 0 Å². The van der Waals surface area contributed by atoms with Gasteiger partial charge in [-0.25, -0.2) is 0 Å². The van der Waals surface area contributed by atoms with E-state index in [1.54, 1.807) is 0 Å². The molecule has 0 amide bonds. The van der Waals surface area contributed by atoms with Crippen molar-refractivity contribution < 1.29 is 0 Å². The normalized spacial score (nSPS) is 20.0. The molecule has 30 heavy (non-hydrogen) atoms. The van der Waals surface area contributed by atoms with Gasteiger partial charge in [0.1, 0.15) is 0 Å². The third kappa shape index (κ3) is 8.35. The third-order valence-corrected chi connectivity index (χ3v) is 6.43. The lowest BCUT2D eigenvalue weighted by Gasteiger charge is -2.32. The zero-order valence-electron chi connectivity index (χ0n) is 19.2. The fourth-order valence-electron chi connectivity index (χ4n) is 4.51. The van der Waals surface area contributed by atoms with E-state index in [-0.39, 0.29) is 24.0 Å². The summed E-state index contributed by atoms with van der Waals surface area (Å²) in [5.41, 5.74) is 2.75. The van der Waals surface area contributed by atoms with Crippen molar-refractivity contribution >= 4 is 29.9 Å². The van der Waals surface area contributed by atoms with Crippen LogP contribution >= 0.6 is 24.0 Å². The molecule has 1 aromatic carbocycles. The van der Waals surface area contributed by atoms with E-state index < -0.39 is 0 Å². The Bertz CT molecular complexity index is 634. The molecule has 0 unspecified atom stereocenters. The quantitative estimate of drug-likeness (QED) is 0.319. The molecule has 5 nitrogen and oxygen atoms in total. The number of hydrogen-bond donors (Lipinski definition) is 2. The molecule has 2 aliphatic heterocycles. The maximum absolute atomic E-state index is 4.45. The molecule has 2 heterocycles. The number of guanidine groups is 1. The Labute approximate surface area is 201 Å². The first-order valence-electron chi connectivity index (χ1n) is 11.7. The van der Waals surface area contributed by atoms with E-state index in [4.69, 9.17) is 0 Å². The molecule has 0 aliphatic carbocycles. The van der Waals surface area contributed by atoms with Crippen molar-refractivity contribution in [2.75, 3.05) is 39.8 Å². The van der Waals surface area contributed by atoms with E-state index in [1.165, 1.54) is 76.0 Å². The summed E-state index contributed by atoms with van der Waals surface area (Å²) in [6.45, 7) is 12.6. The van der Waals surface area contributed by atoms with Gasteiger partial charge in [-0.2, -0.15) is 0 Å². The predicted octanol–water partition coefficient (Wildman–Crippen LogP) is 4.08. The van der Waals surface area contributed by atoms with Crippen LogP contribution in [0.4, 0.5) is 0 Å². The molecule has 0 radical (unpaired) electrons. The molecule has 2 saturated heterocycles. The number of likely N-dealkylation sites (tertiary alicyclic amines) is 2. The number of nitrogens with one attached hydrogen (secondary N) is 2. The van der Waals surface area contributed by atoms with Crippen LogP contribution in [0, 0.1) is 5.92 Å². The highest BCUT2D eigenvalue weighted by molar-refractivity contribution is 14.0. The van der Waals surface area contributed by atoms with Crippen LogP contribution in [0.2, 0.25) is 0 Å². The molecule has 0 atom stereocenters. The molecule has 1 aromatic rings. The highest BCUT2D eigenvalue weighted by Gasteiger charge is 2.19. The van der Waals surface area contributed by atoms with Crippen molar-refractivity contribution in [3.05, 3.63) is 35.4 Å². The number of aliphatic imine (C=N–C) groups is 1. The Kier molecular flexibility index (Phi) is 11.5. The summed E-state index contributed by atoms with van der Waals surface area (Å²) in [7, 11) is 1.87. The zero-order chi connectivity index (χ0) is 20.5. The van der Waals surface area contributed by atoms with Crippen molar-refractivity contribution in [3.8, 4) is 0 Å². The minimum atomic E-state index is 0. The molecule has 2 aliphatic rings. The minimum Gasteiger partial charge on any atom is -0.354 e. The number of rotatable bonds is 7. The van der Waals surface area contributed by atoms with Gasteiger partial charge in [-0.05, 0) is 68.8 Å². The minimum absolute atomic E-state index is 0. The number of benzene rings is 1. The van der Waals surface area contributed by atoms with Crippen LogP contribution in [0.1, 0.15) is 57.1 Å². The van der Waals surface area contributed by atoms with Crippen LogP contribution in [0.15, 0.2) is 29.3 Å². The third-order valence-electron chi connectivity index (χ3n) is 6.43. The van der Waals surface area contributed by atoms with Gasteiger partial charge in [0.2, 0.25) is 0 Å². The monoisotopic (exact) mass is 527 g/mol. The van der Waals surface area contributed by atoms with Gasteiger partial charge in [-0.1, -0.05) is 38.1 Å². The van der Waals surface area contributed by atoms with E-state index >= 15 is 0 Å². The molecule has 170 valence electrons. The summed E-state index contributed by atoms with van der Waals surface area (Å²) in [5.74, 6) is 1.81. The molecule has 6 heteroatoms. The van der Waals surface area contributed by atoms with Gasteiger partial charge >= 0.3 is 0 Å². The van der Waals surface area contributed by atoms with E-state index in [0.29, 0.717) is 6.04 Å². The van der Waals surface area contributed by atoms with Gasteiger partial charge in [-0.3, -0.25) is 9.89 Å². The largest absolute Gasteiger partial charge is 0.354 e. The molecule has 0 aromatic heterocycles. The molecule has 2 N–H and O–H groups in total. The first kappa shape index (κ1) is 25.4. The second-order valence-corrected chi connectivity index (χ2v) is 8.96. The predicted molar refractivity (Wildman–Crippen MR) is 139 cm³/mol. The molecular weight excluding hydrogens is 485 g/mol. The fraction of sp³-hybridized carbons (Fsp3) is 0.708. The molecule has 3 rings (SSSR count). The van der Waals surface area contributed by atoms with Crippen LogP contribution in [-0.2, 0) is 13.1 Å². The molecule has 0 saturated carbocycles. The van der Waals surface area contributed by atoms with Crippen molar-refractivity contribution in [2.45, 2.75) is 65.1 Å². The summed E-state index contributed by atoms with van der Waals surface area (Å²) in [6.07, 6.45) is 6.31. The summed E-state index contributed by atoms with van der Waals surface area (Å²) in [6, 6.07) is 9.55. The lowest BCUT2D eigenvalue weighted by Crippen LogP contribution is -2.48. The highest BCUT2D eigenvalue weighted by Crippen LogP contribution is 2.18. The summed E-state index contributed by atoms with van der Waals surface area (Å²) in [5, 5.41) is 7.14. The first-order valence-corrected chi connectivity index (χ1v) is 11.7. The smallest absolute Gasteiger partial charge is 0.191 e. The van der Waals surface area contributed by atoms with Gasteiger partial charge in [0.25, 0.3) is 0 Å². The summed E-state index contributed by atoms with van der Waals surface area (Å²) in [4.78, 5) is 9.62. The molecular formula is C24H42IN5. The molecule has 0 spiro atoms. The second-order valence-electron chi connectivity index (χ2n) is 8.96. The Morgan fingerprint density at radius 2 is 1.70 bits per heavy atom. The summed E-state index contributed by atoms with van der Waals surface area (Å²) >= 11 is 0. The Balaban J connectivity index is 0.00000320. The van der Waals surface area contributed by atoms with E-state index in [0.717, 1.165) is 25.0 Å². The van der Waals surface area contributed by atoms with Crippen molar-refractivity contribution in [2.24, 2.45) is 10.9 Å². The molecule has 0 bridgehead atoms. The van der Waals surface area contributed by atoms with E-state index in [1.807, 2.05) is 7.05 Å². The van der Waals surface area contributed by atoms with Gasteiger partial charge in [0, 0.05) is 39.3 Å². The van der Waals surface area contributed by atoms with Crippen molar-refractivity contribution in [1.29, 1.82) is 0 Å². The van der Waals surface area contributed by atoms with Crippen LogP contribution < -0.4 is 10.6 Å². The molecule has 2 fully saturated rings. The maximum Gasteiger partial charge on any atom is 0.191 e. The maximum atomic E-state index is 4.45. The Hall–Kier alpha value is -0.860. The first-order chi connectivity index (χ1) is 14.2. The lowest BCUT2D eigenvalue weighted by atomic mass is 9.98. The number of halogens is 1. The number of piperidine rings is 2. The average Bonchev–Trinajstić information content (AvgIpc) is 2.74. The topological polar surface area (TPSA) is 42.9 Å². The van der Waals surface area contributed by atoms with Gasteiger partial charge in [0.05, 0.1) is 0 Å². The van der Waals surface area contributed by atoms with Gasteiger partial charge in [-0.15, -0.1) is 24.0 Å². The standard InChI is InChI=1S/C24H41N5.HI/c1-4-12-28-15-10-23(11-16-28)27-24(25-3)26-18-21-6-5-7-22(17-21)19-29-13-8-20(2)9-14-29;/h5-7,17,20,23H,4,8-16,18-19H2,1-3H3,(H2,25,26,27);1H. The number of nitrogens with zero attached hydrogens (tertiary/aromatic N) is 3. The average molecular weight is 528 g/mol. The van der Waals surface area contributed by atoms with E-state index in [2.05, 4.69) is 63.5 Å². The van der Waals surface area contributed by atoms with Crippen molar-refractivity contribution in [3.63, 3.8) is 0 Å². The van der Waals surface area contributed by atoms with Crippen LogP contribution in [0.25, 0.3) is 0 Å². The van der Waals surface area contributed by atoms with Crippen molar-refractivity contribution in [1.82, 2.24) is 20.4 Å². The van der Waals surface area contributed by atoms with Gasteiger partial charge in [0.15, 0.2) is 5.96 Å². The fourth-order valence-corrected chi connectivity index (χ4v) is 4.51. The van der Waals surface area contributed by atoms with Crippen LogP contribution in [-0.4, -0.2) is 61.6 Å². The highest BCUT2D eigenvalue weighted by atomic mass is 127. The summed E-state index contributed by atoms with van der Waals surface area (Å²) < 4.78 is 0. The Morgan fingerprint density at radius 3 is 2.37 bits per heavy atom. The second kappa shape index (κ2) is 13.5. The van der Waals surface area contributed by atoms with Gasteiger partial charge < -0.3 is 15.5 Å². The van der Waals surface area contributed by atoms with E-state index in [9.17, 15) is 0 Å². The SMILES string of the molecule is CCCN1CCC(NC(=NC)NCc2cccc(CN3CCC(C)CC3)c2)CC1.I.